The maximum Gasteiger partial charge on any atom is 0.337 e. The molecule has 1 aliphatic rings. The summed E-state index contributed by atoms with van der Waals surface area (Å²) < 4.78 is 0. The molecule has 3 N–H and O–H groups in total. The van der Waals surface area contributed by atoms with Crippen LogP contribution < -0.4 is 5.32 Å². The number of carbonyl (C=O) groups is 2. The van der Waals surface area contributed by atoms with E-state index in [4.69, 9.17) is 16.7 Å². The molecule has 1 unspecified atom stereocenters. The Bertz CT molecular complexity index is 574. The molecule has 2 amide bonds. The van der Waals surface area contributed by atoms with Gasteiger partial charge in [0.2, 0.25) is 0 Å². The Balaban J connectivity index is 2.09. The van der Waals surface area contributed by atoms with Crippen LogP contribution in [-0.4, -0.2) is 45.8 Å². The van der Waals surface area contributed by atoms with Crippen molar-refractivity contribution in [2.45, 2.75) is 25.4 Å². The number of aromatic carboxylic acids is 1. The third kappa shape index (κ3) is 3.86. The van der Waals surface area contributed by atoms with Gasteiger partial charge in [-0.2, -0.15) is 0 Å². The first-order valence-corrected chi connectivity index (χ1v) is 6.97. The number of urea groups is 1. The Labute approximate surface area is 127 Å². The Kier molecular flexibility index (Phi) is 4.39. The zero-order chi connectivity index (χ0) is 15.6. The summed E-state index contributed by atoms with van der Waals surface area (Å²) in [4.78, 5) is 24.7. The fraction of sp³-hybridized carbons (Fsp3) is 0.429. The van der Waals surface area contributed by atoms with Gasteiger partial charge < -0.3 is 20.4 Å². The molecule has 2 rings (SSSR count). The molecule has 0 saturated carbocycles. The molecular formula is C14H17ClN2O4. The van der Waals surface area contributed by atoms with Crippen LogP contribution in [0.3, 0.4) is 0 Å². The van der Waals surface area contributed by atoms with E-state index in [9.17, 15) is 14.7 Å². The maximum atomic E-state index is 12.1. The number of carboxylic acid groups (broad SMARTS) is 1. The second-order valence-corrected chi connectivity index (χ2v) is 5.86. The first-order valence-electron chi connectivity index (χ1n) is 6.60. The van der Waals surface area contributed by atoms with Gasteiger partial charge in [-0.25, -0.2) is 9.59 Å². The number of benzene rings is 1. The lowest BCUT2D eigenvalue weighted by atomic mass is 9.95. The standard InChI is InChI=1S/C14H17ClN2O4/c1-14(21)5-2-6-17(8-14)13(20)16-9-3-4-11(15)10(7-9)12(18)19/h3-4,7,21H,2,5-6,8H2,1H3,(H,16,20)(H,18,19). The number of hydrogen-bond donors (Lipinski definition) is 3. The zero-order valence-electron chi connectivity index (χ0n) is 11.6. The van der Waals surface area contributed by atoms with Gasteiger partial charge in [0.15, 0.2) is 0 Å². The average Bonchev–Trinajstić information content (AvgIpc) is 2.39. The van der Waals surface area contributed by atoms with Crippen molar-refractivity contribution in [2.75, 3.05) is 18.4 Å². The summed E-state index contributed by atoms with van der Waals surface area (Å²) in [5.74, 6) is -1.16. The number of piperidine rings is 1. The number of nitrogens with zero attached hydrogens (tertiary/aromatic N) is 1. The summed E-state index contributed by atoms with van der Waals surface area (Å²) in [5.41, 5.74) is -0.603. The summed E-state index contributed by atoms with van der Waals surface area (Å²) in [5, 5.41) is 21.7. The van der Waals surface area contributed by atoms with Crippen LogP contribution in [0.5, 0.6) is 0 Å². The number of nitrogens with one attached hydrogen (secondary N) is 1. The van der Waals surface area contributed by atoms with Crippen molar-refractivity contribution in [3.63, 3.8) is 0 Å². The van der Waals surface area contributed by atoms with Gasteiger partial charge >= 0.3 is 12.0 Å². The molecule has 1 aliphatic heterocycles. The molecule has 0 bridgehead atoms. The number of rotatable bonds is 2. The molecule has 1 atom stereocenters. The van der Waals surface area contributed by atoms with Crippen molar-refractivity contribution in [1.29, 1.82) is 0 Å². The van der Waals surface area contributed by atoms with Crippen molar-refractivity contribution < 1.29 is 19.8 Å². The van der Waals surface area contributed by atoms with Crippen LogP contribution in [0.15, 0.2) is 18.2 Å². The predicted octanol–water partition coefficient (Wildman–Crippen LogP) is 2.42. The number of carbonyl (C=O) groups excluding carboxylic acids is 1. The smallest absolute Gasteiger partial charge is 0.337 e. The van der Waals surface area contributed by atoms with Gasteiger partial charge in [-0.1, -0.05) is 11.6 Å². The fourth-order valence-corrected chi connectivity index (χ4v) is 2.56. The molecule has 1 aromatic rings. The lowest BCUT2D eigenvalue weighted by Crippen LogP contribution is -2.49. The van der Waals surface area contributed by atoms with E-state index < -0.39 is 11.6 Å². The van der Waals surface area contributed by atoms with Gasteiger partial charge in [0.25, 0.3) is 0 Å². The molecule has 0 radical (unpaired) electrons. The third-order valence-electron chi connectivity index (χ3n) is 3.41. The number of anilines is 1. The van der Waals surface area contributed by atoms with Crippen molar-refractivity contribution >= 4 is 29.3 Å². The molecular weight excluding hydrogens is 296 g/mol. The Morgan fingerprint density at radius 3 is 2.76 bits per heavy atom. The first-order chi connectivity index (χ1) is 9.78. The molecule has 6 nitrogen and oxygen atoms in total. The molecule has 1 aromatic carbocycles. The Morgan fingerprint density at radius 2 is 2.14 bits per heavy atom. The van der Waals surface area contributed by atoms with E-state index in [1.54, 1.807) is 6.92 Å². The quantitative estimate of drug-likeness (QED) is 0.782. The number of carboxylic acids is 1. The van der Waals surface area contributed by atoms with Gasteiger partial charge in [-0.3, -0.25) is 0 Å². The second kappa shape index (κ2) is 5.91. The van der Waals surface area contributed by atoms with Crippen molar-refractivity contribution in [1.82, 2.24) is 4.90 Å². The normalized spacial score (nSPS) is 22.0. The summed E-state index contributed by atoms with van der Waals surface area (Å²) in [7, 11) is 0. The number of β-amino-alcohol motifs (C(OH)–C–C–N with tert-alkyl or cyclic N) is 1. The number of aliphatic hydroxyl groups is 1. The summed E-state index contributed by atoms with van der Waals surface area (Å²) >= 11 is 5.78. The maximum absolute atomic E-state index is 12.1. The Morgan fingerprint density at radius 1 is 1.43 bits per heavy atom. The molecule has 1 fully saturated rings. The lowest BCUT2D eigenvalue weighted by Gasteiger charge is -2.36. The van der Waals surface area contributed by atoms with Crippen LogP contribution in [0.2, 0.25) is 5.02 Å². The third-order valence-corrected chi connectivity index (χ3v) is 3.74. The van der Waals surface area contributed by atoms with Crippen molar-refractivity contribution in [3.05, 3.63) is 28.8 Å². The van der Waals surface area contributed by atoms with E-state index in [-0.39, 0.29) is 23.2 Å². The van der Waals surface area contributed by atoms with Gasteiger partial charge in [0, 0.05) is 12.2 Å². The summed E-state index contributed by atoms with van der Waals surface area (Å²) in [6, 6.07) is 3.90. The molecule has 7 heteroatoms. The topological polar surface area (TPSA) is 89.9 Å². The van der Waals surface area contributed by atoms with Crippen molar-refractivity contribution in [3.8, 4) is 0 Å². The van der Waals surface area contributed by atoms with Gasteiger partial charge in [0.1, 0.15) is 0 Å². The van der Waals surface area contributed by atoms with E-state index in [2.05, 4.69) is 5.32 Å². The fourth-order valence-electron chi connectivity index (χ4n) is 2.36. The summed E-state index contributed by atoms with van der Waals surface area (Å²) in [6.45, 7) is 2.50. The molecule has 21 heavy (non-hydrogen) atoms. The predicted molar refractivity (Wildman–Crippen MR) is 78.9 cm³/mol. The minimum atomic E-state index is -1.16. The minimum absolute atomic E-state index is 0.0693. The monoisotopic (exact) mass is 312 g/mol. The highest BCUT2D eigenvalue weighted by molar-refractivity contribution is 6.33. The molecule has 1 saturated heterocycles. The number of hydrogen-bond acceptors (Lipinski definition) is 3. The zero-order valence-corrected chi connectivity index (χ0v) is 12.4. The van der Waals surface area contributed by atoms with E-state index in [1.807, 2.05) is 0 Å². The lowest BCUT2D eigenvalue weighted by molar-refractivity contribution is -0.000636. The largest absolute Gasteiger partial charge is 0.478 e. The van der Waals surface area contributed by atoms with Crippen LogP contribution >= 0.6 is 11.6 Å². The number of amides is 2. The second-order valence-electron chi connectivity index (χ2n) is 5.45. The highest BCUT2D eigenvalue weighted by Gasteiger charge is 2.31. The average molecular weight is 313 g/mol. The molecule has 0 aromatic heterocycles. The molecule has 1 heterocycles. The van der Waals surface area contributed by atoms with E-state index in [0.29, 0.717) is 18.7 Å². The summed E-state index contributed by atoms with van der Waals surface area (Å²) in [6.07, 6.45) is 1.38. The van der Waals surface area contributed by atoms with Crippen molar-refractivity contribution in [2.24, 2.45) is 0 Å². The SMILES string of the molecule is CC1(O)CCCN(C(=O)Nc2ccc(Cl)c(C(=O)O)c2)C1. The Hall–Kier alpha value is -1.79. The van der Waals surface area contributed by atoms with Gasteiger partial charge in [-0.05, 0) is 38.0 Å². The van der Waals surface area contributed by atoms with Crippen LogP contribution in [0, 0.1) is 0 Å². The number of likely N-dealkylation sites (tertiary alicyclic amines) is 1. The van der Waals surface area contributed by atoms with Crippen LogP contribution in [-0.2, 0) is 0 Å². The van der Waals surface area contributed by atoms with Gasteiger partial charge in [0.05, 0.1) is 22.7 Å². The first kappa shape index (κ1) is 15.6. The molecule has 0 spiro atoms. The van der Waals surface area contributed by atoms with E-state index in [0.717, 1.165) is 6.42 Å². The molecule has 0 aliphatic carbocycles. The van der Waals surface area contributed by atoms with E-state index in [1.165, 1.54) is 23.1 Å². The van der Waals surface area contributed by atoms with Crippen LogP contribution in [0.1, 0.15) is 30.1 Å². The highest BCUT2D eigenvalue weighted by atomic mass is 35.5. The number of halogens is 1. The minimum Gasteiger partial charge on any atom is -0.478 e. The highest BCUT2D eigenvalue weighted by Crippen LogP contribution is 2.23. The van der Waals surface area contributed by atoms with Gasteiger partial charge in [-0.15, -0.1) is 0 Å². The molecule has 114 valence electrons. The van der Waals surface area contributed by atoms with E-state index >= 15 is 0 Å². The van der Waals surface area contributed by atoms with Crippen LogP contribution in [0.25, 0.3) is 0 Å². The van der Waals surface area contributed by atoms with Crippen LogP contribution in [0.4, 0.5) is 10.5 Å².